The van der Waals surface area contributed by atoms with Crippen LogP contribution in [-0.2, 0) is 11.8 Å². The van der Waals surface area contributed by atoms with Crippen molar-refractivity contribution in [3.05, 3.63) is 59.8 Å². The smallest absolute Gasteiger partial charge is 0.163 e. The molecule has 1 aliphatic rings. The molecule has 0 bridgehead atoms. The van der Waals surface area contributed by atoms with Crippen molar-refractivity contribution in [1.29, 1.82) is 0 Å². The van der Waals surface area contributed by atoms with Crippen LogP contribution in [0.1, 0.15) is 63.1 Å². The molecule has 0 unspecified atom stereocenters. The highest BCUT2D eigenvalue weighted by molar-refractivity contribution is 5.75. The molecule has 0 amide bonds. The second-order valence-corrected chi connectivity index (χ2v) is 7.07. The van der Waals surface area contributed by atoms with E-state index in [4.69, 9.17) is 0 Å². The Kier molecular flexibility index (Phi) is 4.62. The second kappa shape index (κ2) is 6.55. The van der Waals surface area contributed by atoms with Crippen molar-refractivity contribution in [2.24, 2.45) is 0 Å². The fraction of sp³-hybridized carbons (Fsp3) is 0.435. The monoisotopic (exact) mass is 320 g/mol. The van der Waals surface area contributed by atoms with E-state index in [2.05, 4.69) is 75.4 Å². The number of benzene rings is 1. The maximum absolute atomic E-state index is 4.55. The summed E-state index contributed by atoms with van der Waals surface area (Å²) in [6.45, 7) is 13.7. The molecule has 0 aliphatic carbocycles. The van der Waals surface area contributed by atoms with Crippen molar-refractivity contribution >= 4 is 5.70 Å². The first kappa shape index (κ1) is 17.0. The number of allylic oxidation sites excluding steroid dienone is 1. The third-order valence-electron chi connectivity index (χ3n) is 6.05. The molecule has 126 valence electrons. The first-order chi connectivity index (χ1) is 11.6. The van der Waals surface area contributed by atoms with E-state index in [0.29, 0.717) is 0 Å². The minimum Gasteiger partial charge on any atom is -0.163 e. The van der Waals surface area contributed by atoms with Gasteiger partial charge in [0.1, 0.15) is 0 Å². The van der Waals surface area contributed by atoms with Crippen molar-refractivity contribution in [2.75, 3.05) is 0 Å². The minimum atomic E-state index is 0.0473. The number of hydrogen-bond acceptors (Lipinski definition) is 0. The molecule has 0 N–H and O–H groups in total. The van der Waals surface area contributed by atoms with Gasteiger partial charge >= 0.3 is 0 Å². The average molecular weight is 321 g/mol. The predicted molar refractivity (Wildman–Crippen MR) is 103 cm³/mol. The van der Waals surface area contributed by atoms with Gasteiger partial charge in [-0.15, -0.1) is 0 Å². The first-order valence-electron chi connectivity index (χ1n) is 9.44. The summed E-state index contributed by atoms with van der Waals surface area (Å²) in [6, 6.07) is 11.3. The van der Waals surface area contributed by atoms with Crippen LogP contribution in [-0.4, -0.2) is 0 Å². The Labute approximate surface area is 147 Å². The Hall–Kier alpha value is -1.89. The highest BCUT2D eigenvalue weighted by Gasteiger charge is 2.46. The molecule has 1 aromatic heterocycles. The van der Waals surface area contributed by atoms with E-state index in [9.17, 15) is 0 Å². The molecule has 1 aliphatic heterocycles. The summed E-state index contributed by atoms with van der Waals surface area (Å²) in [5.74, 6) is 0. The van der Waals surface area contributed by atoms with Crippen LogP contribution >= 0.6 is 0 Å². The number of nitrogens with zero attached hydrogens (tertiary/aromatic N) is 1. The molecular formula is C23H30N+. The van der Waals surface area contributed by atoms with Gasteiger partial charge in [-0.2, -0.15) is 4.57 Å². The van der Waals surface area contributed by atoms with Crippen LogP contribution in [0.2, 0.25) is 0 Å². The zero-order chi connectivity index (χ0) is 17.3. The van der Waals surface area contributed by atoms with Gasteiger partial charge < -0.3 is 0 Å². The lowest BCUT2D eigenvalue weighted by Gasteiger charge is -2.36. The average Bonchev–Trinajstić information content (AvgIpc) is 2.62. The van der Waals surface area contributed by atoms with Gasteiger partial charge in [0.05, 0.1) is 11.0 Å². The van der Waals surface area contributed by atoms with Gasteiger partial charge in [-0.25, -0.2) is 0 Å². The Morgan fingerprint density at radius 2 is 1.75 bits per heavy atom. The van der Waals surface area contributed by atoms with Crippen LogP contribution in [0, 0.1) is 6.92 Å². The summed E-state index contributed by atoms with van der Waals surface area (Å²) in [6.07, 6.45) is 8.08. The molecule has 0 atom stereocenters. The van der Waals surface area contributed by atoms with E-state index in [1.54, 1.807) is 0 Å². The molecule has 0 saturated carbocycles. The number of pyridine rings is 1. The molecule has 0 radical (unpaired) electrons. The quantitative estimate of drug-likeness (QED) is 0.610. The molecule has 1 heteroatoms. The number of aromatic nitrogens is 1. The lowest BCUT2D eigenvalue weighted by molar-refractivity contribution is -0.577. The molecule has 1 nitrogen and oxygen atoms in total. The van der Waals surface area contributed by atoms with E-state index in [0.717, 1.165) is 19.3 Å². The molecule has 1 aromatic carbocycles. The number of fused-ring (bicyclic) bond motifs is 3. The Bertz CT molecular complexity index is 766. The van der Waals surface area contributed by atoms with Crippen molar-refractivity contribution in [1.82, 2.24) is 0 Å². The molecule has 0 saturated heterocycles. The van der Waals surface area contributed by atoms with Crippen LogP contribution in [0.25, 0.3) is 17.0 Å². The molecule has 0 fully saturated rings. The summed E-state index contributed by atoms with van der Waals surface area (Å²) in [5.41, 5.74) is 8.37. The molecule has 0 spiro atoms. The van der Waals surface area contributed by atoms with Crippen molar-refractivity contribution in [2.45, 2.75) is 65.2 Å². The van der Waals surface area contributed by atoms with Crippen LogP contribution in [0.5, 0.6) is 0 Å². The lowest BCUT2D eigenvalue weighted by atomic mass is 9.68. The van der Waals surface area contributed by atoms with E-state index < -0.39 is 0 Å². The second-order valence-electron chi connectivity index (χ2n) is 7.07. The summed E-state index contributed by atoms with van der Waals surface area (Å²) in [7, 11) is 0. The van der Waals surface area contributed by atoms with Gasteiger partial charge in [-0.3, -0.25) is 0 Å². The third-order valence-corrected chi connectivity index (χ3v) is 6.05. The minimum absolute atomic E-state index is 0.0473. The van der Waals surface area contributed by atoms with Crippen LogP contribution in [0.15, 0.2) is 43.1 Å². The summed E-state index contributed by atoms with van der Waals surface area (Å²) in [4.78, 5) is 0. The maximum Gasteiger partial charge on any atom is 0.221 e. The highest BCUT2D eigenvalue weighted by Crippen LogP contribution is 2.46. The summed E-state index contributed by atoms with van der Waals surface area (Å²) < 4.78 is 2.36. The lowest BCUT2D eigenvalue weighted by Crippen LogP contribution is -2.49. The van der Waals surface area contributed by atoms with Crippen LogP contribution in [0.4, 0.5) is 0 Å². The predicted octanol–water partition coefficient (Wildman–Crippen LogP) is 5.83. The Morgan fingerprint density at radius 3 is 2.42 bits per heavy atom. The van der Waals surface area contributed by atoms with Crippen molar-refractivity contribution in [3.8, 4) is 11.3 Å². The van der Waals surface area contributed by atoms with Gasteiger partial charge in [0.25, 0.3) is 0 Å². The van der Waals surface area contributed by atoms with Crippen molar-refractivity contribution in [3.63, 3.8) is 0 Å². The highest BCUT2D eigenvalue weighted by atomic mass is 15.0. The normalized spacial score (nSPS) is 15.1. The first-order valence-corrected chi connectivity index (χ1v) is 9.44. The zero-order valence-electron chi connectivity index (χ0n) is 15.7. The largest absolute Gasteiger partial charge is 0.221 e. The topological polar surface area (TPSA) is 3.88 Å². The van der Waals surface area contributed by atoms with E-state index in [-0.39, 0.29) is 5.41 Å². The fourth-order valence-electron chi connectivity index (χ4n) is 4.42. The third kappa shape index (κ3) is 2.33. The Balaban J connectivity index is 2.28. The van der Waals surface area contributed by atoms with E-state index in [1.807, 2.05) is 0 Å². The maximum atomic E-state index is 4.55. The number of unbranched alkanes of at least 4 members (excludes halogenated alkanes) is 1. The molecule has 3 rings (SSSR count). The molecule has 24 heavy (non-hydrogen) atoms. The van der Waals surface area contributed by atoms with E-state index >= 15 is 0 Å². The summed E-state index contributed by atoms with van der Waals surface area (Å²) >= 11 is 0. The van der Waals surface area contributed by atoms with Crippen molar-refractivity contribution < 1.29 is 4.57 Å². The van der Waals surface area contributed by atoms with E-state index in [1.165, 1.54) is 46.5 Å². The van der Waals surface area contributed by atoms with Crippen LogP contribution < -0.4 is 4.57 Å². The standard InChI is InChI=1S/C23H30N/c1-6-9-12-19-15-16-24-18(5)23(7-2,8-3)21-14-11-10-13-20(21)22(24)17(19)4/h10-11,13-16H,5-9,12H2,1-4H3/q+1. The van der Waals surface area contributed by atoms with Crippen LogP contribution in [0.3, 0.4) is 0 Å². The molecule has 2 heterocycles. The van der Waals surface area contributed by atoms with Gasteiger partial charge in [0.15, 0.2) is 11.9 Å². The van der Waals surface area contributed by atoms with Gasteiger partial charge in [0, 0.05) is 11.6 Å². The molecule has 2 aromatic rings. The SMILES string of the molecule is C=C1[n+]2ccc(CCCC)c(C)c2-c2ccccc2C1(CC)CC. The van der Waals surface area contributed by atoms with Gasteiger partial charge in [-0.05, 0) is 56.4 Å². The van der Waals surface area contributed by atoms with Gasteiger partial charge in [0.2, 0.25) is 5.69 Å². The Morgan fingerprint density at radius 1 is 1.04 bits per heavy atom. The summed E-state index contributed by atoms with van der Waals surface area (Å²) in [5, 5.41) is 0. The molecular weight excluding hydrogens is 290 g/mol. The number of rotatable bonds is 5. The zero-order valence-corrected chi connectivity index (χ0v) is 15.7. The van der Waals surface area contributed by atoms with Gasteiger partial charge in [-0.1, -0.05) is 45.4 Å². The fourth-order valence-corrected chi connectivity index (χ4v) is 4.42. The number of aryl methyl sites for hydroxylation is 1. The number of hydrogen-bond donors (Lipinski definition) is 0.